The van der Waals surface area contributed by atoms with Crippen LogP contribution in [-0.4, -0.2) is 32.2 Å². The quantitative estimate of drug-likeness (QED) is 0.941. The first kappa shape index (κ1) is 15.6. The molecule has 23 heavy (non-hydrogen) atoms. The Morgan fingerprint density at radius 2 is 1.78 bits per heavy atom. The lowest BCUT2D eigenvalue weighted by Gasteiger charge is -2.20. The van der Waals surface area contributed by atoms with E-state index in [1.165, 1.54) is 36.9 Å². The molecule has 1 N–H and O–H groups in total. The number of tetrazole rings is 1. The molecule has 1 aliphatic carbocycles. The molecule has 1 fully saturated rings. The Morgan fingerprint density at radius 1 is 1.09 bits per heavy atom. The van der Waals surface area contributed by atoms with Crippen molar-refractivity contribution in [3.05, 3.63) is 30.3 Å². The lowest BCUT2D eigenvalue weighted by atomic mass is 9.97. The third-order valence-corrected chi connectivity index (χ3v) is 4.24. The number of carbonyl (C=O) groups is 1. The van der Waals surface area contributed by atoms with Gasteiger partial charge in [-0.3, -0.25) is 4.79 Å². The number of amides is 1. The van der Waals surface area contributed by atoms with Crippen molar-refractivity contribution in [1.82, 2.24) is 25.5 Å². The van der Waals surface area contributed by atoms with Crippen LogP contribution in [0, 0.1) is 0 Å². The molecule has 1 saturated carbocycles. The lowest BCUT2D eigenvalue weighted by molar-refractivity contribution is -0.122. The van der Waals surface area contributed by atoms with Gasteiger partial charge >= 0.3 is 0 Å². The Bertz CT molecular complexity index is 617. The van der Waals surface area contributed by atoms with E-state index < -0.39 is 0 Å². The molecule has 0 radical (unpaired) electrons. The number of carbonyl (C=O) groups excluding carboxylic acids is 1. The predicted octanol–water partition coefficient (Wildman–Crippen LogP) is 2.57. The van der Waals surface area contributed by atoms with Gasteiger partial charge in [-0.2, -0.15) is 4.80 Å². The summed E-state index contributed by atoms with van der Waals surface area (Å²) in [5.74, 6) is 0.511. The maximum Gasteiger partial charge on any atom is 0.243 e. The second-order valence-electron chi connectivity index (χ2n) is 6.12. The lowest BCUT2D eigenvalue weighted by Crippen LogP contribution is -2.37. The Morgan fingerprint density at radius 3 is 2.52 bits per heavy atom. The molecule has 1 amide bonds. The standard InChI is InChI=1S/C17H23N5O/c23-16(18-15-11-7-2-1-3-8-12-15)13-22-20-17(19-21-22)14-9-5-4-6-10-14/h4-6,9-10,15H,1-3,7-8,11-13H2,(H,18,23). The molecular formula is C17H23N5O. The van der Waals surface area contributed by atoms with Gasteiger partial charge in [-0.1, -0.05) is 62.4 Å². The Balaban J connectivity index is 1.54. The highest BCUT2D eigenvalue weighted by Crippen LogP contribution is 2.17. The molecule has 1 heterocycles. The second kappa shape index (κ2) is 7.85. The van der Waals surface area contributed by atoms with Gasteiger partial charge in [0.1, 0.15) is 6.54 Å². The zero-order valence-electron chi connectivity index (χ0n) is 13.3. The smallest absolute Gasteiger partial charge is 0.243 e. The van der Waals surface area contributed by atoms with Gasteiger partial charge in [-0.25, -0.2) is 0 Å². The first-order chi connectivity index (χ1) is 11.3. The zero-order valence-corrected chi connectivity index (χ0v) is 13.3. The van der Waals surface area contributed by atoms with Crippen molar-refractivity contribution < 1.29 is 4.79 Å². The van der Waals surface area contributed by atoms with Gasteiger partial charge in [0, 0.05) is 11.6 Å². The van der Waals surface area contributed by atoms with Crippen molar-refractivity contribution in [3.8, 4) is 11.4 Å². The normalized spacial score (nSPS) is 16.5. The third kappa shape index (κ3) is 4.61. The Labute approximate surface area is 136 Å². The molecule has 3 rings (SSSR count). The van der Waals surface area contributed by atoms with Gasteiger partial charge in [-0.05, 0) is 18.1 Å². The minimum Gasteiger partial charge on any atom is -0.352 e. The number of nitrogens with zero attached hydrogens (tertiary/aromatic N) is 4. The summed E-state index contributed by atoms with van der Waals surface area (Å²) in [5, 5.41) is 15.4. The van der Waals surface area contributed by atoms with Crippen LogP contribution in [0.5, 0.6) is 0 Å². The maximum absolute atomic E-state index is 12.2. The van der Waals surface area contributed by atoms with E-state index in [0.717, 1.165) is 18.4 Å². The van der Waals surface area contributed by atoms with E-state index in [0.29, 0.717) is 11.9 Å². The number of benzene rings is 1. The molecule has 2 aromatic rings. The summed E-state index contributed by atoms with van der Waals surface area (Å²) in [6.07, 6.45) is 8.42. The van der Waals surface area contributed by atoms with Gasteiger partial charge in [0.15, 0.2) is 0 Å². The molecule has 0 bridgehead atoms. The average Bonchev–Trinajstić information content (AvgIpc) is 2.99. The topological polar surface area (TPSA) is 72.7 Å². The highest BCUT2D eigenvalue weighted by Gasteiger charge is 2.15. The number of hydrogen-bond donors (Lipinski definition) is 1. The molecular weight excluding hydrogens is 290 g/mol. The number of aromatic nitrogens is 4. The van der Waals surface area contributed by atoms with Gasteiger partial charge in [-0.15, -0.1) is 10.2 Å². The molecule has 0 unspecified atom stereocenters. The first-order valence-corrected chi connectivity index (χ1v) is 8.44. The highest BCUT2D eigenvalue weighted by atomic mass is 16.2. The molecule has 6 nitrogen and oxygen atoms in total. The minimum absolute atomic E-state index is 0.0346. The van der Waals surface area contributed by atoms with Crippen LogP contribution in [0.1, 0.15) is 44.9 Å². The Kier molecular flexibility index (Phi) is 5.34. The fourth-order valence-electron chi connectivity index (χ4n) is 3.02. The van der Waals surface area contributed by atoms with Crippen molar-refractivity contribution in [2.75, 3.05) is 0 Å². The van der Waals surface area contributed by atoms with Gasteiger partial charge in [0.05, 0.1) is 0 Å². The zero-order chi connectivity index (χ0) is 15.9. The molecule has 0 saturated heterocycles. The summed E-state index contributed by atoms with van der Waals surface area (Å²) in [6.45, 7) is 0.121. The van der Waals surface area contributed by atoms with E-state index in [-0.39, 0.29) is 12.5 Å². The number of nitrogens with one attached hydrogen (secondary N) is 1. The van der Waals surface area contributed by atoms with Gasteiger partial charge in [0.25, 0.3) is 0 Å². The second-order valence-corrected chi connectivity index (χ2v) is 6.12. The molecule has 122 valence electrons. The number of hydrogen-bond acceptors (Lipinski definition) is 4. The largest absolute Gasteiger partial charge is 0.352 e. The van der Waals surface area contributed by atoms with Crippen molar-refractivity contribution in [1.29, 1.82) is 0 Å². The van der Waals surface area contributed by atoms with E-state index in [4.69, 9.17) is 0 Å². The SMILES string of the molecule is O=C(Cn1nnc(-c2ccccc2)n1)NC1CCCCCCC1. The fraction of sp³-hybridized carbons (Fsp3) is 0.529. The minimum atomic E-state index is -0.0346. The van der Waals surface area contributed by atoms with Crippen molar-refractivity contribution in [2.45, 2.75) is 57.5 Å². The predicted molar refractivity (Wildman–Crippen MR) is 87.5 cm³/mol. The maximum atomic E-state index is 12.2. The van der Waals surface area contributed by atoms with Crippen LogP contribution in [-0.2, 0) is 11.3 Å². The Hall–Kier alpha value is -2.24. The van der Waals surface area contributed by atoms with E-state index in [9.17, 15) is 4.79 Å². The first-order valence-electron chi connectivity index (χ1n) is 8.44. The van der Waals surface area contributed by atoms with Crippen LogP contribution in [0.3, 0.4) is 0 Å². The third-order valence-electron chi connectivity index (χ3n) is 4.24. The molecule has 1 aliphatic rings. The van der Waals surface area contributed by atoms with Crippen LogP contribution in [0.15, 0.2) is 30.3 Å². The molecule has 0 atom stereocenters. The van der Waals surface area contributed by atoms with Crippen LogP contribution in [0.4, 0.5) is 0 Å². The number of rotatable bonds is 4. The fourth-order valence-corrected chi connectivity index (χ4v) is 3.02. The van der Waals surface area contributed by atoms with Crippen LogP contribution < -0.4 is 5.32 Å². The molecule has 1 aromatic heterocycles. The average molecular weight is 313 g/mol. The van der Waals surface area contributed by atoms with Crippen LogP contribution >= 0.6 is 0 Å². The summed E-state index contributed by atoms with van der Waals surface area (Å²) in [4.78, 5) is 13.5. The van der Waals surface area contributed by atoms with Crippen molar-refractivity contribution in [3.63, 3.8) is 0 Å². The summed E-state index contributed by atoms with van der Waals surface area (Å²) in [7, 11) is 0. The van der Waals surface area contributed by atoms with E-state index in [1.807, 2.05) is 30.3 Å². The van der Waals surface area contributed by atoms with Gasteiger partial charge < -0.3 is 5.32 Å². The van der Waals surface area contributed by atoms with Crippen LogP contribution in [0.25, 0.3) is 11.4 Å². The van der Waals surface area contributed by atoms with E-state index in [1.54, 1.807) is 0 Å². The molecule has 1 aromatic carbocycles. The van der Waals surface area contributed by atoms with Crippen LogP contribution in [0.2, 0.25) is 0 Å². The monoisotopic (exact) mass is 313 g/mol. The summed E-state index contributed by atoms with van der Waals surface area (Å²) >= 11 is 0. The summed E-state index contributed by atoms with van der Waals surface area (Å²) in [6, 6.07) is 9.94. The van der Waals surface area contributed by atoms with Gasteiger partial charge in [0.2, 0.25) is 11.7 Å². The summed E-state index contributed by atoms with van der Waals surface area (Å²) < 4.78 is 0. The van der Waals surface area contributed by atoms with E-state index in [2.05, 4.69) is 20.7 Å². The van der Waals surface area contributed by atoms with Crippen molar-refractivity contribution in [2.24, 2.45) is 0 Å². The molecule has 6 heteroatoms. The van der Waals surface area contributed by atoms with E-state index >= 15 is 0 Å². The highest BCUT2D eigenvalue weighted by molar-refractivity contribution is 5.75. The molecule has 0 spiro atoms. The van der Waals surface area contributed by atoms with Crippen molar-refractivity contribution >= 4 is 5.91 Å². The summed E-state index contributed by atoms with van der Waals surface area (Å²) in [5.41, 5.74) is 0.902. The molecule has 0 aliphatic heterocycles.